The molecule has 0 bridgehead atoms. The highest BCUT2D eigenvalue weighted by molar-refractivity contribution is 5.97. The summed E-state index contributed by atoms with van der Waals surface area (Å²) >= 11 is 0. The summed E-state index contributed by atoms with van der Waals surface area (Å²) in [5, 5.41) is 0. The van der Waals surface area contributed by atoms with Gasteiger partial charge in [0, 0.05) is 6.42 Å². The average molecular weight is 208 g/mol. The van der Waals surface area contributed by atoms with E-state index in [0.29, 0.717) is 11.7 Å². The molecular formula is C14H24O. The van der Waals surface area contributed by atoms with Gasteiger partial charge in [-0.1, -0.05) is 39.2 Å². The fourth-order valence-electron chi connectivity index (χ4n) is 2.46. The van der Waals surface area contributed by atoms with Gasteiger partial charge in [0.25, 0.3) is 0 Å². The van der Waals surface area contributed by atoms with E-state index in [1.807, 2.05) is 0 Å². The molecule has 1 heteroatoms. The molecule has 15 heavy (non-hydrogen) atoms. The van der Waals surface area contributed by atoms with Crippen molar-refractivity contribution in [3.63, 3.8) is 0 Å². The van der Waals surface area contributed by atoms with E-state index >= 15 is 0 Å². The SMILES string of the molecule is CCCCC1=C(CCC)C(=O)CC(C)C1. The third-order valence-electron chi connectivity index (χ3n) is 3.22. The number of rotatable bonds is 5. The molecule has 0 amide bonds. The van der Waals surface area contributed by atoms with Crippen LogP contribution in [0.2, 0.25) is 0 Å². The minimum Gasteiger partial charge on any atom is -0.295 e. The Hall–Kier alpha value is -0.590. The van der Waals surface area contributed by atoms with Crippen molar-refractivity contribution in [2.24, 2.45) is 5.92 Å². The first kappa shape index (κ1) is 12.5. The molecule has 0 saturated carbocycles. The minimum absolute atomic E-state index is 0.432. The Balaban J connectivity index is 2.77. The van der Waals surface area contributed by atoms with Gasteiger partial charge in [0.05, 0.1) is 0 Å². The maximum Gasteiger partial charge on any atom is 0.159 e. The number of allylic oxidation sites excluding steroid dienone is 2. The van der Waals surface area contributed by atoms with E-state index in [1.54, 1.807) is 0 Å². The summed E-state index contributed by atoms with van der Waals surface area (Å²) in [6.45, 7) is 6.58. The van der Waals surface area contributed by atoms with Crippen LogP contribution in [0.15, 0.2) is 11.1 Å². The maximum absolute atomic E-state index is 11.9. The summed E-state index contributed by atoms with van der Waals surface area (Å²) in [6.07, 6.45) is 7.68. The lowest BCUT2D eigenvalue weighted by Crippen LogP contribution is -2.17. The normalized spacial score (nSPS) is 22.3. The Morgan fingerprint density at radius 2 is 1.87 bits per heavy atom. The minimum atomic E-state index is 0.432. The zero-order chi connectivity index (χ0) is 11.3. The van der Waals surface area contributed by atoms with Crippen molar-refractivity contribution in [1.82, 2.24) is 0 Å². The van der Waals surface area contributed by atoms with E-state index in [0.717, 1.165) is 25.7 Å². The molecule has 86 valence electrons. The second-order valence-electron chi connectivity index (χ2n) is 4.87. The Labute approximate surface area is 93.9 Å². The van der Waals surface area contributed by atoms with Crippen molar-refractivity contribution in [2.45, 2.75) is 65.7 Å². The van der Waals surface area contributed by atoms with E-state index in [1.165, 1.54) is 30.4 Å². The van der Waals surface area contributed by atoms with Crippen molar-refractivity contribution in [3.8, 4) is 0 Å². The van der Waals surface area contributed by atoms with Crippen molar-refractivity contribution < 1.29 is 4.79 Å². The van der Waals surface area contributed by atoms with Crippen LogP contribution < -0.4 is 0 Å². The van der Waals surface area contributed by atoms with Crippen LogP contribution in [0, 0.1) is 5.92 Å². The largest absolute Gasteiger partial charge is 0.295 e. The van der Waals surface area contributed by atoms with Gasteiger partial charge in [-0.05, 0) is 37.2 Å². The predicted molar refractivity (Wildman–Crippen MR) is 64.9 cm³/mol. The lowest BCUT2D eigenvalue weighted by Gasteiger charge is -2.24. The molecule has 0 spiro atoms. The first-order valence-corrected chi connectivity index (χ1v) is 6.43. The molecule has 0 aromatic heterocycles. The predicted octanol–water partition coefficient (Wildman–Crippen LogP) is 4.27. The number of Topliss-reactive ketones (excluding diaryl/α,β-unsaturated/α-hetero) is 1. The molecule has 0 N–H and O–H groups in total. The van der Waals surface area contributed by atoms with Gasteiger partial charge < -0.3 is 0 Å². The number of carbonyl (C=O) groups excluding carboxylic acids is 1. The standard InChI is InChI=1S/C14H24O/c1-4-6-8-12-9-11(3)10-14(15)13(12)7-5-2/h11H,4-10H2,1-3H3. The molecule has 0 saturated heterocycles. The average Bonchev–Trinajstić information content (AvgIpc) is 2.19. The summed E-state index contributed by atoms with van der Waals surface area (Å²) in [6, 6.07) is 0. The van der Waals surface area contributed by atoms with Crippen LogP contribution in [0.1, 0.15) is 65.7 Å². The lowest BCUT2D eigenvalue weighted by molar-refractivity contribution is -0.117. The van der Waals surface area contributed by atoms with Crippen LogP contribution in [-0.4, -0.2) is 5.78 Å². The van der Waals surface area contributed by atoms with Crippen LogP contribution in [-0.2, 0) is 4.79 Å². The molecule has 0 fully saturated rings. The van der Waals surface area contributed by atoms with E-state index in [9.17, 15) is 4.79 Å². The first-order valence-electron chi connectivity index (χ1n) is 6.43. The smallest absolute Gasteiger partial charge is 0.159 e. The van der Waals surface area contributed by atoms with Crippen LogP contribution in [0.4, 0.5) is 0 Å². The fourth-order valence-corrected chi connectivity index (χ4v) is 2.46. The number of hydrogen-bond donors (Lipinski definition) is 0. The van der Waals surface area contributed by atoms with Crippen molar-refractivity contribution in [1.29, 1.82) is 0 Å². The molecule has 1 atom stereocenters. The van der Waals surface area contributed by atoms with Gasteiger partial charge >= 0.3 is 0 Å². The highest BCUT2D eigenvalue weighted by Crippen LogP contribution is 2.32. The number of unbranched alkanes of at least 4 members (excludes halogenated alkanes) is 1. The van der Waals surface area contributed by atoms with Gasteiger partial charge in [-0.15, -0.1) is 0 Å². The van der Waals surface area contributed by atoms with Crippen molar-refractivity contribution in [2.75, 3.05) is 0 Å². The Morgan fingerprint density at radius 3 is 2.47 bits per heavy atom. The summed E-state index contributed by atoms with van der Waals surface area (Å²) in [5.41, 5.74) is 2.66. The monoisotopic (exact) mass is 208 g/mol. The summed E-state index contributed by atoms with van der Waals surface area (Å²) in [4.78, 5) is 11.9. The highest BCUT2D eigenvalue weighted by atomic mass is 16.1. The molecule has 0 radical (unpaired) electrons. The topological polar surface area (TPSA) is 17.1 Å². The highest BCUT2D eigenvalue weighted by Gasteiger charge is 2.23. The Kier molecular flexibility index (Phi) is 5.07. The molecule has 1 aliphatic carbocycles. The third kappa shape index (κ3) is 3.48. The van der Waals surface area contributed by atoms with E-state index in [2.05, 4.69) is 20.8 Å². The van der Waals surface area contributed by atoms with Crippen molar-refractivity contribution in [3.05, 3.63) is 11.1 Å². The molecule has 1 rings (SSSR count). The molecule has 0 heterocycles. The first-order chi connectivity index (χ1) is 7.19. The fraction of sp³-hybridized carbons (Fsp3) is 0.786. The third-order valence-corrected chi connectivity index (χ3v) is 3.22. The van der Waals surface area contributed by atoms with Crippen LogP contribution in [0.3, 0.4) is 0 Å². The van der Waals surface area contributed by atoms with Crippen LogP contribution >= 0.6 is 0 Å². The van der Waals surface area contributed by atoms with Crippen molar-refractivity contribution >= 4 is 5.78 Å². The van der Waals surface area contributed by atoms with E-state index in [-0.39, 0.29) is 0 Å². The van der Waals surface area contributed by atoms with Gasteiger partial charge in [-0.3, -0.25) is 4.79 Å². The second-order valence-corrected chi connectivity index (χ2v) is 4.87. The molecular weight excluding hydrogens is 184 g/mol. The van der Waals surface area contributed by atoms with Gasteiger partial charge in [-0.25, -0.2) is 0 Å². The zero-order valence-corrected chi connectivity index (χ0v) is 10.4. The lowest BCUT2D eigenvalue weighted by atomic mass is 9.80. The Bertz CT molecular complexity index is 250. The summed E-state index contributed by atoms with van der Waals surface area (Å²) in [5.74, 6) is 1.01. The second kappa shape index (κ2) is 6.09. The molecule has 0 aliphatic heterocycles. The Morgan fingerprint density at radius 1 is 1.13 bits per heavy atom. The molecule has 1 aliphatic rings. The van der Waals surface area contributed by atoms with Gasteiger partial charge in [0.1, 0.15) is 0 Å². The van der Waals surface area contributed by atoms with Crippen LogP contribution in [0.25, 0.3) is 0 Å². The number of carbonyl (C=O) groups is 1. The molecule has 1 nitrogen and oxygen atoms in total. The molecule has 1 unspecified atom stereocenters. The van der Waals surface area contributed by atoms with Gasteiger partial charge in [0.2, 0.25) is 0 Å². The van der Waals surface area contributed by atoms with E-state index in [4.69, 9.17) is 0 Å². The van der Waals surface area contributed by atoms with Gasteiger partial charge in [0.15, 0.2) is 5.78 Å². The quantitative estimate of drug-likeness (QED) is 0.659. The molecule has 0 aromatic carbocycles. The zero-order valence-electron chi connectivity index (χ0n) is 10.4. The van der Waals surface area contributed by atoms with Crippen LogP contribution in [0.5, 0.6) is 0 Å². The van der Waals surface area contributed by atoms with E-state index < -0.39 is 0 Å². The number of ketones is 1. The molecule has 0 aromatic rings. The summed E-state index contributed by atoms with van der Waals surface area (Å²) in [7, 11) is 0. The summed E-state index contributed by atoms with van der Waals surface area (Å²) < 4.78 is 0. The van der Waals surface area contributed by atoms with Gasteiger partial charge in [-0.2, -0.15) is 0 Å². The number of hydrogen-bond acceptors (Lipinski definition) is 1. The maximum atomic E-state index is 11.9.